The van der Waals surface area contributed by atoms with Crippen molar-refractivity contribution in [2.24, 2.45) is 29.1 Å². The molecule has 5 atom stereocenters. The maximum absolute atomic E-state index is 3.70. The second kappa shape index (κ2) is 1.89. The minimum Gasteiger partial charge on any atom is -0.313 e. The van der Waals surface area contributed by atoms with Crippen LogP contribution in [-0.2, 0) is 0 Å². The Morgan fingerprint density at radius 3 is 2.25 bits per heavy atom. The first-order valence-corrected chi connectivity index (χ1v) is 5.32. The van der Waals surface area contributed by atoms with Crippen molar-refractivity contribution in [1.82, 2.24) is 5.32 Å². The number of fused-ring (bicyclic) bond motifs is 1. The Labute approximate surface area is 74.9 Å². The van der Waals surface area contributed by atoms with Crippen molar-refractivity contribution in [3.05, 3.63) is 0 Å². The Morgan fingerprint density at radius 1 is 1.17 bits per heavy atom. The maximum Gasteiger partial charge on any atom is 0.0106 e. The van der Waals surface area contributed by atoms with Crippen LogP contribution in [0.4, 0.5) is 0 Å². The lowest BCUT2D eigenvalue weighted by Crippen LogP contribution is -2.47. The molecule has 4 fully saturated rings. The molecule has 4 aliphatic rings. The average Bonchev–Trinajstić information content (AvgIpc) is 2.55. The molecule has 4 rings (SSSR count). The molecule has 4 bridgehead atoms. The molecule has 0 amide bonds. The van der Waals surface area contributed by atoms with Crippen molar-refractivity contribution < 1.29 is 0 Å². The van der Waals surface area contributed by atoms with E-state index >= 15 is 0 Å². The fourth-order valence-electron chi connectivity index (χ4n) is 4.01. The third-order valence-electron chi connectivity index (χ3n) is 4.39. The lowest BCUT2D eigenvalue weighted by atomic mass is 9.73. The van der Waals surface area contributed by atoms with E-state index in [1.165, 1.54) is 13.0 Å². The van der Waals surface area contributed by atoms with E-state index in [4.69, 9.17) is 0 Å². The Hall–Kier alpha value is -0.0400. The van der Waals surface area contributed by atoms with Gasteiger partial charge in [-0.1, -0.05) is 20.8 Å². The molecule has 0 aromatic carbocycles. The summed E-state index contributed by atoms with van der Waals surface area (Å²) in [6.07, 6.45) is 1.48. The van der Waals surface area contributed by atoms with Crippen molar-refractivity contribution in [3.8, 4) is 0 Å². The summed E-state index contributed by atoms with van der Waals surface area (Å²) in [5.74, 6) is 4.28. The SMILES string of the molecule is CC(C)(C)C1C2CC3C(CN2)C31. The van der Waals surface area contributed by atoms with Gasteiger partial charge in [0.1, 0.15) is 0 Å². The molecule has 2 aliphatic heterocycles. The Kier molecular flexibility index (Phi) is 1.16. The van der Waals surface area contributed by atoms with Crippen LogP contribution in [0.2, 0.25) is 0 Å². The van der Waals surface area contributed by atoms with Crippen LogP contribution < -0.4 is 5.32 Å². The number of hydrogen-bond acceptors (Lipinski definition) is 1. The number of piperidine rings is 2. The van der Waals surface area contributed by atoms with Crippen LogP contribution in [0.5, 0.6) is 0 Å². The summed E-state index contributed by atoms with van der Waals surface area (Å²) in [5.41, 5.74) is 0.534. The minimum absolute atomic E-state index is 0.534. The van der Waals surface area contributed by atoms with Gasteiger partial charge in [-0.2, -0.15) is 0 Å². The van der Waals surface area contributed by atoms with E-state index in [-0.39, 0.29) is 0 Å². The van der Waals surface area contributed by atoms with E-state index in [1.54, 1.807) is 0 Å². The van der Waals surface area contributed by atoms with E-state index in [1.807, 2.05) is 0 Å². The van der Waals surface area contributed by atoms with Gasteiger partial charge in [-0.3, -0.25) is 0 Å². The van der Waals surface area contributed by atoms with E-state index in [0.29, 0.717) is 5.41 Å². The van der Waals surface area contributed by atoms with Crippen molar-refractivity contribution in [2.75, 3.05) is 6.54 Å². The highest BCUT2D eigenvalue weighted by Gasteiger charge is 2.66. The topological polar surface area (TPSA) is 12.0 Å². The van der Waals surface area contributed by atoms with E-state index in [9.17, 15) is 0 Å². The zero-order chi connectivity index (χ0) is 8.51. The van der Waals surface area contributed by atoms with Gasteiger partial charge in [0.05, 0.1) is 0 Å². The van der Waals surface area contributed by atoms with E-state index in [2.05, 4.69) is 26.1 Å². The highest BCUT2D eigenvalue weighted by molar-refractivity contribution is 5.17. The average molecular weight is 165 g/mol. The van der Waals surface area contributed by atoms with Crippen LogP contribution in [0.1, 0.15) is 27.2 Å². The van der Waals surface area contributed by atoms with Crippen LogP contribution in [0.3, 0.4) is 0 Å². The second-order valence-electron chi connectivity index (χ2n) is 6.05. The summed E-state index contributed by atoms with van der Waals surface area (Å²) in [6.45, 7) is 8.56. The van der Waals surface area contributed by atoms with Gasteiger partial charge in [-0.05, 0) is 42.1 Å². The zero-order valence-corrected chi connectivity index (χ0v) is 8.30. The first-order chi connectivity index (χ1) is 5.59. The zero-order valence-electron chi connectivity index (χ0n) is 8.30. The Bertz CT molecular complexity index is 210. The normalized spacial score (nSPS) is 55.8. The maximum atomic E-state index is 3.70. The number of nitrogens with one attached hydrogen (secondary N) is 1. The quantitative estimate of drug-likeness (QED) is 0.578. The lowest BCUT2D eigenvalue weighted by molar-refractivity contribution is 0.136. The summed E-state index contributed by atoms with van der Waals surface area (Å²) >= 11 is 0. The van der Waals surface area contributed by atoms with E-state index in [0.717, 1.165) is 29.7 Å². The van der Waals surface area contributed by atoms with Gasteiger partial charge in [0.2, 0.25) is 0 Å². The predicted octanol–water partition coefficient (Wildman–Crippen LogP) is 1.89. The second-order valence-corrected chi connectivity index (χ2v) is 6.05. The smallest absolute Gasteiger partial charge is 0.0106 e. The first kappa shape index (κ1) is 7.37. The molecule has 2 saturated carbocycles. The number of hydrogen-bond donors (Lipinski definition) is 1. The molecule has 68 valence electrons. The standard InChI is InChI=1S/C11H19N/c1-11(2,3)10-8-4-6-7(5-12-8)9(6)10/h6-10,12H,4-5H2,1-3H3. The molecule has 1 N–H and O–H groups in total. The molecule has 0 aromatic heterocycles. The fourth-order valence-corrected chi connectivity index (χ4v) is 4.01. The summed E-state index contributed by atoms with van der Waals surface area (Å²) in [6, 6.07) is 0.866. The van der Waals surface area contributed by atoms with Crippen LogP contribution in [-0.4, -0.2) is 12.6 Å². The van der Waals surface area contributed by atoms with Gasteiger partial charge >= 0.3 is 0 Å². The molecule has 2 aliphatic carbocycles. The fraction of sp³-hybridized carbons (Fsp3) is 1.00. The number of rotatable bonds is 0. The highest BCUT2D eigenvalue weighted by atomic mass is 15.0. The third kappa shape index (κ3) is 0.736. The van der Waals surface area contributed by atoms with Gasteiger partial charge < -0.3 is 5.32 Å². The highest BCUT2D eigenvalue weighted by Crippen LogP contribution is 2.66. The Balaban J connectivity index is 1.90. The van der Waals surface area contributed by atoms with Gasteiger partial charge in [-0.15, -0.1) is 0 Å². The van der Waals surface area contributed by atoms with Crippen molar-refractivity contribution in [1.29, 1.82) is 0 Å². The van der Waals surface area contributed by atoms with Gasteiger partial charge in [0.15, 0.2) is 0 Å². The molecule has 1 heteroatoms. The molecule has 12 heavy (non-hydrogen) atoms. The van der Waals surface area contributed by atoms with Gasteiger partial charge in [0, 0.05) is 6.04 Å². The molecular formula is C11H19N. The molecule has 2 saturated heterocycles. The van der Waals surface area contributed by atoms with Crippen LogP contribution in [0.25, 0.3) is 0 Å². The summed E-state index contributed by atoms with van der Waals surface area (Å²) in [7, 11) is 0. The molecule has 0 radical (unpaired) electrons. The molecule has 5 unspecified atom stereocenters. The monoisotopic (exact) mass is 165 g/mol. The molecular weight excluding hydrogens is 146 g/mol. The van der Waals surface area contributed by atoms with Crippen LogP contribution in [0, 0.1) is 29.1 Å². The summed E-state index contributed by atoms with van der Waals surface area (Å²) in [5, 5.41) is 3.70. The molecule has 1 nitrogen and oxygen atoms in total. The lowest BCUT2D eigenvalue weighted by Gasteiger charge is -2.39. The van der Waals surface area contributed by atoms with E-state index < -0.39 is 0 Å². The summed E-state index contributed by atoms with van der Waals surface area (Å²) < 4.78 is 0. The predicted molar refractivity (Wildman–Crippen MR) is 49.8 cm³/mol. The van der Waals surface area contributed by atoms with Crippen LogP contribution in [0.15, 0.2) is 0 Å². The minimum atomic E-state index is 0.534. The van der Waals surface area contributed by atoms with Crippen molar-refractivity contribution >= 4 is 0 Å². The van der Waals surface area contributed by atoms with Gasteiger partial charge in [0.25, 0.3) is 0 Å². The Morgan fingerprint density at radius 2 is 1.92 bits per heavy atom. The van der Waals surface area contributed by atoms with Gasteiger partial charge in [-0.25, -0.2) is 0 Å². The molecule has 0 aromatic rings. The van der Waals surface area contributed by atoms with Crippen molar-refractivity contribution in [2.45, 2.75) is 33.2 Å². The summed E-state index contributed by atoms with van der Waals surface area (Å²) in [4.78, 5) is 0. The third-order valence-corrected chi connectivity index (χ3v) is 4.39. The first-order valence-electron chi connectivity index (χ1n) is 5.32. The molecule has 0 spiro atoms. The van der Waals surface area contributed by atoms with Crippen molar-refractivity contribution in [3.63, 3.8) is 0 Å². The van der Waals surface area contributed by atoms with Crippen LogP contribution >= 0.6 is 0 Å². The largest absolute Gasteiger partial charge is 0.313 e. The molecule has 2 heterocycles.